The molecule has 1 aliphatic rings. The van der Waals surface area contributed by atoms with E-state index in [1.54, 1.807) is 6.07 Å². The summed E-state index contributed by atoms with van der Waals surface area (Å²) < 4.78 is 27.3. The van der Waals surface area contributed by atoms with Crippen molar-refractivity contribution in [2.45, 2.75) is 6.04 Å². The van der Waals surface area contributed by atoms with Gasteiger partial charge in [-0.05, 0) is 17.7 Å². The number of nitrogens with zero attached hydrogens (tertiary/aromatic N) is 5. The number of sulfonamides is 1. The fourth-order valence-corrected chi connectivity index (χ4v) is 5.24. The lowest BCUT2D eigenvalue weighted by molar-refractivity contribution is -0.158. The maximum Gasteiger partial charge on any atom is 0.233 e. The largest absolute Gasteiger partial charge is 0.354 e. The number of anilines is 1. The minimum atomic E-state index is -3.81. The molecular weight excluding hydrogens is 477 g/mol. The molecule has 30 heavy (non-hydrogen) atoms. The van der Waals surface area contributed by atoms with Gasteiger partial charge in [-0.25, -0.2) is 23.4 Å². The number of aromatic nitrogens is 2. The molecule has 2 heterocycles. The van der Waals surface area contributed by atoms with Crippen LogP contribution < -0.4 is 4.90 Å². The maximum atomic E-state index is 13.0. The fraction of sp³-hybridized carbons (Fsp3) is 0.353. The van der Waals surface area contributed by atoms with Gasteiger partial charge in [0.05, 0.1) is 21.8 Å². The van der Waals surface area contributed by atoms with Crippen LogP contribution in [0.4, 0.5) is 5.82 Å². The van der Waals surface area contributed by atoms with Gasteiger partial charge in [0, 0.05) is 32.2 Å². The molecule has 1 amide bonds. The number of piperazine rings is 1. The Morgan fingerprint density at radius 3 is 2.40 bits per heavy atom. The van der Waals surface area contributed by atoms with E-state index in [2.05, 4.69) is 9.97 Å². The van der Waals surface area contributed by atoms with E-state index >= 15 is 0 Å². The first-order chi connectivity index (χ1) is 14.2. The number of carbonyl (C=O) groups excluding carboxylic acids is 1. The highest BCUT2D eigenvalue weighted by atomic mass is 35.5. The molecule has 1 N–H and O–H groups in total. The molecule has 9 nitrogen and oxygen atoms in total. The average Bonchev–Trinajstić information content (AvgIpc) is 2.73. The Labute approximate surface area is 188 Å². The van der Waals surface area contributed by atoms with Gasteiger partial charge in [0.2, 0.25) is 16.4 Å². The molecule has 1 aromatic heterocycles. The van der Waals surface area contributed by atoms with Crippen LogP contribution in [0.15, 0.2) is 30.6 Å². The Balaban J connectivity index is 1.73. The van der Waals surface area contributed by atoms with Crippen molar-refractivity contribution in [3.63, 3.8) is 0 Å². The highest BCUT2D eigenvalue weighted by Crippen LogP contribution is 2.29. The quantitative estimate of drug-likeness (QED) is 0.273. The summed E-state index contributed by atoms with van der Waals surface area (Å²) in [6.07, 6.45) is 1.50. The van der Waals surface area contributed by atoms with Crippen LogP contribution in [-0.4, -0.2) is 71.3 Å². The molecule has 3 rings (SSSR count). The Morgan fingerprint density at radius 1 is 1.10 bits per heavy atom. The third-order valence-corrected chi connectivity index (χ3v) is 7.53. The molecular formula is C17H18Cl3N5O4S. The maximum absolute atomic E-state index is 13.0. The summed E-state index contributed by atoms with van der Waals surface area (Å²) in [6.45, 7) is 1.23. The molecule has 1 atom stereocenters. The zero-order valence-electron chi connectivity index (χ0n) is 15.5. The number of rotatable bonds is 7. The number of hydrogen-bond donors (Lipinski definition) is 1. The number of benzene rings is 1. The van der Waals surface area contributed by atoms with Crippen LogP contribution in [0.5, 0.6) is 0 Å². The average molecular weight is 495 g/mol. The molecule has 0 bridgehead atoms. The summed E-state index contributed by atoms with van der Waals surface area (Å²) >= 11 is 17.8. The van der Waals surface area contributed by atoms with E-state index in [1.165, 1.54) is 28.8 Å². The van der Waals surface area contributed by atoms with E-state index in [0.29, 0.717) is 34.7 Å². The van der Waals surface area contributed by atoms with E-state index in [-0.39, 0.29) is 29.5 Å². The lowest BCUT2D eigenvalue weighted by Crippen LogP contribution is -2.50. The van der Waals surface area contributed by atoms with Gasteiger partial charge in [0.1, 0.15) is 17.3 Å². The Hall–Kier alpha value is -1.69. The monoisotopic (exact) mass is 493 g/mol. The lowest BCUT2D eigenvalue weighted by Gasteiger charge is -2.35. The Morgan fingerprint density at radius 2 is 1.80 bits per heavy atom. The van der Waals surface area contributed by atoms with Gasteiger partial charge in [0.25, 0.3) is 0 Å². The molecule has 13 heteroatoms. The van der Waals surface area contributed by atoms with Crippen molar-refractivity contribution in [1.29, 1.82) is 0 Å². The van der Waals surface area contributed by atoms with Crippen LogP contribution in [-0.2, 0) is 14.8 Å². The SMILES string of the molecule is O=CN(O)C(CS(=O)(=O)N1CCN(c2cc(Cl)ncn2)CC1)c1ccc(Cl)c(Cl)c1. The summed E-state index contributed by atoms with van der Waals surface area (Å²) in [5.41, 5.74) is 0.344. The molecule has 0 radical (unpaired) electrons. The van der Waals surface area contributed by atoms with Gasteiger partial charge >= 0.3 is 0 Å². The topological polar surface area (TPSA) is 107 Å². The minimum absolute atomic E-state index is 0.152. The van der Waals surface area contributed by atoms with Gasteiger partial charge in [-0.15, -0.1) is 0 Å². The van der Waals surface area contributed by atoms with E-state index in [0.717, 1.165) is 0 Å². The number of amides is 1. The molecule has 0 spiro atoms. The molecule has 1 fully saturated rings. The molecule has 1 saturated heterocycles. The first-order valence-electron chi connectivity index (χ1n) is 8.79. The number of hydrogen-bond acceptors (Lipinski definition) is 7. The number of carbonyl (C=O) groups is 1. The molecule has 1 unspecified atom stereocenters. The molecule has 0 saturated carbocycles. The predicted octanol–water partition coefficient (Wildman–Crippen LogP) is 2.48. The standard InChI is InChI=1S/C17H18Cl3N5O4S/c18-13-2-1-12(7-14(13)19)15(25(27)11-26)9-30(28,29)24-5-3-23(4-6-24)17-8-16(20)21-10-22-17/h1-2,7-8,10-11,15,27H,3-6,9H2. The van der Waals surface area contributed by atoms with E-state index in [1.807, 2.05) is 4.90 Å². The van der Waals surface area contributed by atoms with Crippen molar-refractivity contribution >= 4 is 57.1 Å². The summed E-state index contributed by atoms with van der Waals surface area (Å²) in [4.78, 5) is 21.0. The van der Waals surface area contributed by atoms with Crippen molar-refractivity contribution < 1.29 is 18.4 Å². The molecule has 2 aromatic rings. The third-order valence-electron chi connectivity index (χ3n) is 4.70. The van der Waals surface area contributed by atoms with Crippen LogP contribution in [0.2, 0.25) is 15.2 Å². The van der Waals surface area contributed by atoms with Crippen LogP contribution in [0.3, 0.4) is 0 Å². The van der Waals surface area contributed by atoms with Gasteiger partial charge in [-0.2, -0.15) is 4.31 Å². The second-order valence-electron chi connectivity index (χ2n) is 6.54. The molecule has 1 aromatic carbocycles. The van der Waals surface area contributed by atoms with Crippen molar-refractivity contribution in [3.8, 4) is 0 Å². The third kappa shape index (κ3) is 5.32. The van der Waals surface area contributed by atoms with Gasteiger partial charge in [-0.3, -0.25) is 10.0 Å². The van der Waals surface area contributed by atoms with E-state index in [9.17, 15) is 18.4 Å². The van der Waals surface area contributed by atoms with Crippen molar-refractivity contribution in [2.24, 2.45) is 0 Å². The number of halogens is 3. The first-order valence-corrected chi connectivity index (χ1v) is 11.5. The van der Waals surface area contributed by atoms with Crippen LogP contribution in [0, 0.1) is 0 Å². The van der Waals surface area contributed by atoms with Crippen LogP contribution in [0.1, 0.15) is 11.6 Å². The van der Waals surface area contributed by atoms with Gasteiger partial charge in [0.15, 0.2) is 0 Å². The smallest absolute Gasteiger partial charge is 0.233 e. The first kappa shape index (κ1) is 23.0. The zero-order valence-corrected chi connectivity index (χ0v) is 18.6. The summed E-state index contributed by atoms with van der Waals surface area (Å²) in [5.74, 6) is 0.0997. The molecule has 1 aliphatic heterocycles. The summed E-state index contributed by atoms with van der Waals surface area (Å²) in [7, 11) is -3.81. The second-order valence-corrected chi connectivity index (χ2v) is 9.75. The number of hydroxylamine groups is 2. The molecule has 162 valence electrons. The summed E-state index contributed by atoms with van der Waals surface area (Å²) in [6, 6.07) is 4.88. The normalized spacial score (nSPS) is 16.3. The highest BCUT2D eigenvalue weighted by molar-refractivity contribution is 7.89. The second kappa shape index (κ2) is 9.63. The Kier molecular flexibility index (Phi) is 7.38. The highest BCUT2D eigenvalue weighted by Gasteiger charge is 2.33. The van der Waals surface area contributed by atoms with Crippen LogP contribution >= 0.6 is 34.8 Å². The van der Waals surface area contributed by atoms with Gasteiger partial charge < -0.3 is 4.90 Å². The zero-order chi connectivity index (χ0) is 21.9. The van der Waals surface area contributed by atoms with E-state index < -0.39 is 21.8 Å². The van der Waals surface area contributed by atoms with Gasteiger partial charge in [-0.1, -0.05) is 40.9 Å². The molecule has 0 aliphatic carbocycles. The van der Waals surface area contributed by atoms with E-state index in [4.69, 9.17) is 34.8 Å². The summed E-state index contributed by atoms with van der Waals surface area (Å²) in [5, 5.41) is 11.1. The van der Waals surface area contributed by atoms with Crippen LogP contribution in [0.25, 0.3) is 0 Å². The Bertz CT molecular complexity index is 1020. The van der Waals surface area contributed by atoms with Crippen molar-refractivity contribution in [2.75, 3.05) is 36.8 Å². The fourth-order valence-electron chi connectivity index (χ4n) is 3.12. The predicted molar refractivity (Wildman–Crippen MR) is 114 cm³/mol. The van der Waals surface area contributed by atoms with Crippen molar-refractivity contribution in [1.82, 2.24) is 19.3 Å². The van der Waals surface area contributed by atoms with Crippen molar-refractivity contribution in [3.05, 3.63) is 51.4 Å². The minimum Gasteiger partial charge on any atom is -0.354 e. The lowest BCUT2D eigenvalue weighted by atomic mass is 10.1.